The van der Waals surface area contributed by atoms with Crippen molar-refractivity contribution in [2.45, 2.75) is 19.9 Å². The van der Waals surface area contributed by atoms with Gasteiger partial charge in [0.05, 0.1) is 7.11 Å². The number of methoxy groups -OCH3 is 1. The Balaban J connectivity index is 2.48. The maximum absolute atomic E-state index is 11.3. The zero-order chi connectivity index (χ0) is 13.4. The van der Waals surface area contributed by atoms with Gasteiger partial charge in [-0.25, -0.2) is 0 Å². The van der Waals surface area contributed by atoms with Crippen LogP contribution in [0.3, 0.4) is 0 Å². The molecule has 0 saturated carbocycles. The molecule has 0 aromatic heterocycles. The van der Waals surface area contributed by atoms with Gasteiger partial charge in [0.2, 0.25) is 5.91 Å². The second-order valence-corrected chi connectivity index (χ2v) is 4.15. The van der Waals surface area contributed by atoms with Gasteiger partial charge in [-0.3, -0.25) is 4.79 Å². The molecule has 96 valence electrons. The van der Waals surface area contributed by atoms with E-state index in [-0.39, 0.29) is 11.9 Å². The molecule has 1 amide bonds. The fourth-order valence-electron chi connectivity index (χ4n) is 1.36. The quantitative estimate of drug-likeness (QED) is 0.640. The van der Waals surface area contributed by atoms with Crippen molar-refractivity contribution in [2.75, 3.05) is 7.11 Å². The van der Waals surface area contributed by atoms with Crippen LogP contribution in [0.4, 0.5) is 0 Å². The molecular formula is C15H19NO2. The number of ether oxygens (including phenoxy) is 1. The van der Waals surface area contributed by atoms with Crippen molar-refractivity contribution in [3.05, 3.63) is 48.1 Å². The van der Waals surface area contributed by atoms with E-state index in [2.05, 4.69) is 5.32 Å². The molecule has 0 bridgehead atoms. The number of hydrogen-bond donors (Lipinski definition) is 1. The molecule has 1 aromatic carbocycles. The molecule has 1 N–H and O–H groups in total. The maximum atomic E-state index is 11.3. The van der Waals surface area contributed by atoms with Crippen LogP contribution in [0.1, 0.15) is 19.4 Å². The van der Waals surface area contributed by atoms with Crippen LogP contribution < -0.4 is 10.1 Å². The van der Waals surface area contributed by atoms with E-state index in [1.165, 1.54) is 6.08 Å². The van der Waals surface area contributed by atoms with Crippen molar-refractivity contribution in [1.29, 1.82) is 0 Å². The molecule has 3 nitrogen and oxygen atoms in total. The first-order chi connectivity index (χ1) is 8.61. The highest BCUT2D eigenvalue weighted by Gasteiger charge is 1.95. The summed E-state index contributed by atoms with van der Waals surface area (Å²) in [6.45, 7) is 3.86. The second-order valence-electron chi connectivity index (χ2n) is 4.15. The number of amides is 1. The zero-order valence-corrected chi connectivity index (χ0v) is 11.0. The normalized spacial score (nSPS) is 11.3. The SMILES string of the molecule is COc1ccc(/C=C/C=C/C(=O)NC(C)C)cc1. The lowest BCUT2D eigenvalue weighted by Gasteiger charge is -2.03. The Hall–Kier alpha value is -2.03. The van der Waals surface area contributed by atoms with Crippen LogP contribution in [-0.2, 0) is 4.79 Å². The van der Waals surface area contributed by atoms with Crippen LogP contribution >= 0.6 is 0 Å². The van der Waals surface area contributed by atoms with Crippen molar-refractivity contribution in [3.63, 3.8) is 0 Å². The van der Waals surface area contributed by atoms with Crippen LogP contribution in [0.15, 0.2) is 42.5 Å². The highest BCUT2D eigenvalue weighted by atomic mass is 16.5. The zero-order valence-electron chi connectivity index (χ0n) is 11.0. The molecule has 0 atom stereocenters. The van der Waals surface area contributed by atoms with E-state index < -0.39 is 0 Å². The number of hydrogen-bond acceptors (Lipinski definition) is 2. The number of nitrogens with one attached hydrogen (secondary N) is 1. The molecule has 0 aliphatic heterocycles. The second kappa shape index (κ2) is 7.33. The molecule has 0 saturated heterocycles. The summed E-state index contributed by atoms with van der Waals surface area (Å²) in [5, 5.41) is 2.78. The molecule has 0 aliphatic carbocycles. The van der Waals surface area contributed by atoms with Gasteiger partial charge < -0.3 is 10.1 Å². The van der Waals surface area contributed by atoms with E-state index in [4.69, 9.17) is 4.74 Å². The highest BCUT2D eigenvalue weighted by Crippen LogP contribution is 2.12. The van der Waals surface area contributed by atoms with Gasteiger partial charge in [-0.1, -0.05) is 30.4 Å². The van der Waals surface area contributed by atoms with Crippen molar-refractivity contribution >= 4 is 12.0 Å². The summed E-state index contributed by atoms with van der Waals surface area (Å²) in [7, 11) is 1.64. The molecule has 0 radical (unpaired) electrons. The monoisotopic (exact) mass is 245 g/mol. The Morgan fingerprint density at radius 2 is 1.89 bits per heavy atom. The predicted molar refractivity (Wildman–Crippen MR) is 74.4 cm³/mol. The van der Waals surface area contributed by atoms with E-state index in [9.17, 15) is 4.79 Å². The van der Waals surface area contributed by atoms with Gasteiger partial charge in [0.15, 0.2) is 0 Å². The number of allylic oxidation sites excluding steroid dienone is 2. The first-order valence-electron chi connectivity index (χ1n) is 5.91. The number of rotatable bonds is 5. The Morgan fingerprint density at radius 3 is 2.44 bits per heavy atom. The van der Waals surface area contributed by atoms with E-state index in [1.54, 1.807) is 13.2 Å². The average molecular weight is 245 g/mol. The topological polar surface area (TPSA) is 38.3 Å². The summed E-state index contributed by atoms with van der Waals surface area (Å²) in [5.74, 6) is 0.753. The third-order valence-electron chi connectivity index (χ3n) is 2.19. The van der Waals surface area contributed by atoms with Crippen LogP contribution in [-0.4, -0.2) is 19.1 Å². The number of benzene rings is 1. The van der Waals surface area contributed by atoms with E-state index in [0.717, 1.165) is 11.3 Å². The lowest BCUT2D eigenvalue weighted by molar-refractivity contribution is -0.116. The summed E-state index contributed by atoms with van der Waals surface area (Å²) in [6.07, 6.45) is 7.00. The van der Waals surface area contributed by atoms with Crippen LogP contribution in [0.25, 0.3) is 6.08 Å². The van der Waals surface area contributed by atoms with Gasteiger partial charge in [0.25, 0.3) is 0 Å². The van der Waals surface area contributed by atoms with Crippen LogP contribution in [0.2, 0.25) is 0 Å². The van der Waals surface area contributed by atoms with Crippen molar-refractivity contribution < 1.29 is 9.53 Å². The Bertz CT molecular complexity index is 430. The Labute approximate surface area is 108 Å². The lowest BCUT2D eigenvalue weighted by atomic mass is 10.2. The standard InChI is InChI=1S/C15H19NO2/c1-12(2)16-15(17)7-5-4-6-13-8-10-14(18-3)11-9-13/h4-12H,1-3H3,(H,16,17)/b6-4+,7-5+. The van der Waals surface area contributed by atoms with Crippen LogP contribution in [0, 0.1) is 0 Å². The van der Waals surface area contributed by atoms with E-state index >= 15 is 0 Å². The minimum atomic E-state index is -0.0793. The van der Waals surface area contributed by atoms with Gasteiger partial charge >= 0.3 is 0 Å². The number of carbonyl (C=O) groups excluding carboxylic acids is 1. The fraction of sp³-hybridized carbons (Fsp3) is 0.267. The molecule has 0 aliphatic rings. The maximum Gasteiger partial charge on any atom is 0.244 e. The number of carbonyl (C=O) groups is 1. The Morgan fingerprint density at radius 1 is 1.22 bits per heavy atom. The lowest BCUT2D eigenvalue weighted by Crippen LogP contribution is -2.28. The average Bonchev–Trinajstić information content (AvgIpc) is 2.34. The smallest absolute Gasteiger partial charge is 0.244 e. The Kier molecular flexibility index (Phi) is 5.71. The molecule has 3 heteroatoms. The molecule has 1 aromatic rings. The molecule has 0 fully saturated rings. The van der Waals surface area contributed by atoms with Gasteiger partial charge in [-0.15, -0.1) is 0 Å². The summed E-state index contributed by atoms with van der Waals surface area (Å²) in [5.41, 5.74) is 1.06. The minimum absolute atomic E-state index is 0.0793. The summed E-state index contributed by atoms with van der Waals surface area (Å²) in [4.78, 5) is 11.3. The summed E-state index contributed by atoms with van der Waals surface area (Å²) >= 11 is 0. The van der Waals surface area contributed by atoms with Gasteiger partial charge in [-0.05, 0) is 31.5 Å². The van der Waals surface area contributed by atoms with Crippen molar-refractivity contribution in [1.82, 2.24) is 5.32 Å². The first-order valence-corrected chi connectivity index (χ1v) is 5.91. The van der Waals surface area contributed by atoms with E-state index in [1.807, 2.05) is 50.3 Å². The molecule has 1 rings (SSSR count). The third-order valence-corrected chi connectivity index (χ3v) is 2.19. The minimum Gasteiger partial charge on any atom is -0.497 e. The molecule has 0 heterocycles. The van der Waals surface area contributed by atoms with Crippen molar-refractivity contribution in [3.8, 4) is 5.75 Å². The van der Waals surface area contributed by atoms with E-state index in [0.29, 0.717) is 0 Å². The molecule has 0 spiro atoms. The van der Waals surface area contributed by atoms with Crippen LogP contribution in [0.5, 0.6) is 5.75 Å². The fourth-order valence-corrected chi connectivity index (χ4v) is 1.36. The summed E-state index contributed by atoms with van der Waals surface area (Å²) < 4.78 is 5.07. The largest absolute Gasteiger partial charge is 0.497 e. The third kappa shape index (κ3) is 5.34. The van der Waals surface area contributed by atoms with Gasteiger partial charge in [0.1, 0.15) is 5.75 Å². The predicted octanol–water partition coefficient (Wildman–Crippen LogP) is 2.79. The van der Waals surface area contributed by atoms with Crippen molar-refractivity contribution in [2.24, 2.45) is 0 Å². The van der Waals surface area contributed by atoms with Gasteiger partial charge in [0, 0.05) is 12.1 Å². The molecule has 0 unspecified atom stereocenters. The first kappa shape index (κ1) is 14.0. The summed E-state index contributed by atoms with van der Waals surface area (Å²) in [6, 6.07) is 7.87. The highest BCUT2D eigenvalue weighted by molar-refractivity contribution is 5.88. The van der Waals surface area contributed by atoms with Gasteiger partial charge in [-0.2, -0.15) is 0 Å². The molecule has 18 heavy (non-hydrogen) atoms. The molecular weight excluding hydrogens is 226 g/mol.